The Balaban J connectivity index is 2.10. The van der Waals surface area contributed by atoms with Crippen LogP contribution in [0.4, 0.5) is 27.6 Å². The molecular weight excluding hydrogens is 383 g/mol. The largest absolute Gasteiger partial charge is 0.418 e. The van der Waals surface area contributed by atoms with Gasteiger partial charge in [-0.05, 0) is 18.2 Å². The SMILES string of the molecule is O=C1N(Cc2cc(Cl)ccn2)c2cccc([C@@H](O)C(F)(F)F)c2C1(F)F. The van der Waals surface area contributed by atoms with Gasteiger partial charge in [-0.2, -0.15) is 22.0 Å². The molecule has 1 aliphatic heterocycles. The van der Waals surface area contributed by atoms with Gasteiger partial charge in [0.2, 0.25) is 0 Å². The third-order valence-corrected chi connectivity index (χ3v) is 4.13. The Hall–Kier alpha value is -2.26. The molecule has 1 aromatic heterocycles. The number of pyridine rings is 1. The molecule has 1 amide bonds. The van der Waals surface area contributed by atoms with Gasteiger partial charge in [-0.3, -0.25) is 9.78 Å². The molecular formula is C16H10ClF5N2O2. The molecule has 2 heterocycles. The molecule has 26 heavy (non-hydrogen) atoms. The molecule has 138 valence electrons. The van der Waals surface area contributed by atoms with Gasteiger partial charge in [-0.15, -0.1) is 0 Å². The maximum absolute atomic E-state index is 14.5. The van der Waals surface area contributed by atoms with E-state index in [1.807, 2.05) is 0 Å². The lowest BCUT2D eigenvalue weighted by molar-refractivity contribution is -0.207. The molecule has 0 spiro atoms. The number of alkyl halides is 5. The van der Waals surface area contributed by atoms with Crippen LogP contribution in [-0.2, 0) is 17.3 Å². The van der Waals surface area contributed by atoms with Crippen LogP contribution >= 0.6 is 11.6 Å². The molecule has 3 rings (SSSR count). The first-order chi connectivity index (χ1) is 12.0. The van der Waals surface area contributed by atoms with Crippen molar-refractivity contribution in [1.29, 1.82) is 0 Å². The Labute approximate surface area is 148 Å². The van der Waals surface area contributed by atoms with E-state index in [1.165, 1.54) is 18.3 Å². The zero-order valence-corrected chi connectivity index (χ0v) is 13.5. The number of aromatic nitrogens is 1. The zero-order valence-electron chi connectivity index (χ0n) is 12.8. The summed E-state index contributed by atoms with van der Waals surface area (Å²) in [5.74, 6) is -5.91. The standard InChI is InChI=1S/C16H10ClF5N2O2/c17-8-4-5-23-9(6-8)7-24-11-3-1-2-10(13(25)16(20,21)22)12(11)15(18,19)14(24)26/h1-6,13,25H,7H2/t13-/m1/s1. The average Bonchev–Trinajstić information content (AvgIpc) is 2.74. The van der Waals surface area contributed by atoms with Crippen LogP contribution < -0.4 is 4.90 Å². The number of aliphatic hydroxyl groups excluding tert-OH is 1. The molecule has 10 heteroatoms. The molecule has 0 aliphatic carbocycles. The van der Waals surface area contributed by atoms with Crippen LogP contribution in [0.25, 0.3) is 0 Å². The van der Waals surface area contributed by atoms with Crippen molar-refractivity contribution < 1.29 is 31.9 Å². The Morgan fingerprint density at radius 2 is 1.96 bits per heavy atom. The molecule has 1 N–H and O–H groups in total. The summed E-state index contributed by atoms with van der Waals surface area (Å²) in [7, 11) is 0. The van der Waals surface area contributed by atoms with E-state index in [2.05, 4.69) is 4.98 Å². The number of hydrogen-bond acceptors (Lipinski definition) is 3. The fourth-order valence-electron chi connectivity index (χ4n) is 2.77. The van der Waals surface area contributed by atoms with Crippen molar-refractivity contribution in [2.45, 2.75) is 24.7 Å². The van der Waals surface area contributed by atoms with E-state index in [4.69, 9.17) is 11.6 Å². The summed E-state index contributed by atoms with van der Waals surface area (Å²) >= 11 is 5.79. The highest BCUT2D eigenvalue weighted by atomic mass is 35.5. The predicted molar refractivity (Wildman–Crippen MR) is 81.8 cm³/mol. The average molecular weight is 393 g/mol. The minimum Gasteiger partial charge on any atom is -0.379 e. The summed E-state index contributed by atoms with van der Waals surface area (Å²) in [5, 5.41) is 9.69. The molecule has 0 saturated carbocycles. The molecule has 0 radical (unpaired) electrons. The lowest BCUT2D eigenvalue weighted by Gasteiger charge is -2.19. The van der Waals surface area contributed by atoms with E-state index in [1.54, 1.807) is 0 Å². The van der Waals surface area contributed by atoms with E-state index < -0.39 is 47.5 Å². The molecule has 0 fully saturated rings. The van der Waals surface area contributed by atoms with Crippen LogP contribution in [0.5, 0.6) is 0 Å². The van der Waals surface area contributed by atoms with Gasteiger partial charge < -0.3 is 10.0 Å². The number of anilines is 1. The first-order valence-electron chi connectivity index (χ1n) is 7.22. The van der Waals surface area contributed by atoms with Crippen LogP contribution in [-0.4, -0.2) is 22.2 Å². The van der Waals surface area contributed by atoms with Gasteiger partial charge >= 0.3 is 18.0 Å². The normalized spacial score (nSPS) is 17.3. The van der Waals surface area contributed by atoms with Crippen molar-refractivity contribution in [2.75, 3.05) is 4.90 Å². The number of halogens is 6. The van der Waals surface area contributed by atoms with E-state index in [-0.39, 0.29) is 10.7 Å². The summed E-state index contributed by atoms with van der Waals surface area (Å²) in [5.41, 5.74) is -2.45. The molecule has 0 unspecified atom stereocenters. The molecule has 0 bridgehead atoms. The number of aliphatic hydroxyl groups is 1. The number of fused-ring (bicyclic) bond motifs is 1. The van der Waals surface area contributed by atoms with Crippen LogP contribution in [0, 0.1) is 0 Å². The summed E-state index contributed by atoms with van der Waals surface area (Å²) in [4.78, 5) is 16.7. The van der Waals surface area contributed by atoms with Gasteiger partial charge in [0, 0.05) is 16.8 Å². The van der Waals surface area contributed by atoms with Crippen molar-refractivity contribution in [1.82, 2.24) is 4.98 Å². The summed E-state index contributed by atoms with van der Waals surface area (Å²) in [6.07, 6.45) is -6.99. The fourth-order valence-corrected chi connectivity index (χ4v) is 2.95. The summed E-state index contributed by atoms with van der Waals surface area (Å²) in [6.45, 7) is -0.409. The monoisotopic (exact) mass is 392 g/mol. The van der Waals surface area contributed by atoms with Crippen molar-refractivity contribution in [2.24, 2.45) is 0 Å². The Morgan fingerprint density at radius 1 is 1.27 bits per heavy atom. The highest BCUT2D eigenvalue weighted by molar-refractivity contribution is 6.30. The number of benzene rings is 1. The topological polar surface area (TPSA) is 53.4 Å². The summed E-state index contributed by atoms with van der Waals surface area (Å²) in [6, 6.07) is 5.66. The number of hydrogen-bond donors (Lipinski definition) is 1. The quantitative estimate of drug-likeness (QED) is 0.804. The first kappa shape index (κ1) is 18.5. The second-order valence-electron chi connectivity index (χ2n) is 5.62. The van der Waals surface area contributed by atoms with Gasteiger partial charge in [-0.1, -0.05) is 23.7 Å². The first-order valence-corrected chi connectivity index (χ1v) is 7.59. The van der Waals surface area contributed by atoms with E-state index in [0.29, 0.717) is 4.90 Å². The zero-order chi connectivity index (χ0) is 19.3. The molecule has 0 saturated heterocycles. The predicted octanol–water partition coefficient (Wildman–Crippen LogP) is 3.97. The van der Waals surface area contributed by atoms with E-state index in [9.17, 15) is 31.9 Å². The number of nitrogens with zero attached hydrogens (tertiary/aromatic N) is 2. The number of amides is 1. The third-order valence-electron chi connectivity index (χ3n) is 3.90. The Morgan fingerprint density at radius 3 is 2.58 bits per heavy atom. The second kappa shape index (κ2) is 6.17. The minimum absolute atomic E-state index is 0.177. The molecule has 2 aromatic rings. The fraction of sp³-hybridized carbons (Fsp3) is 0.250. The number of rotatable bonds is 3. The lowest BCUT2D eigenvalue weighted by atomic mass is 9.97. The number of carbonyl (C=O) groups excluding carboxylic acids is 1. The van der Waals surface area contributed by atoms with Crippen molar-refractivity contribution in [3.63, 3.8) is 0 Å². The molecule has 4 nitrogen and oxygen atoms in total. The van der Waals surface area contributed by atoms with Crippen LogP contribution in [0.2, 0.25) is 5.02 Å². The van der Waals surface area contributed by atoms with Crippen molar-refractivity contribution in [3.05, 3.63) is 58.4 Å². The van der Waals surface area contributed by atoms with E-state index in [0.717, 1.165) is 18.2 Å². The number of carbonyl (C=O) groups is 1. The van der Waals surface area contributed by atoms with E-state index >= 15 is 0 Å². The second-order valence-corrected chi connectivity index (χ2v) is 6.05. The van der Waals surface area contributed by atoms with Crippen LogP contribution in [0.15, 0.2) is 36.5 Å². The Kier molecular flexibility index (Phi) is 4.40. The smallest absolute Gasteiger partial charge is 0.379 e. The lowest BCUT2D eigenvalue weighted by Crippen LogP contribution is -2.34. The van der Waals surface area contributed by atoms with Gasteiger partial charge in [0.15, 0.2) is 6.10 Å². The van der Waals surface area contributed by atoms with Crippen molar-refractivity contribution in [3.8, 4) is 0 Å². The molecule has 1 aliphatic rings. The summed E-state index contributed by atoms with van der Waals surface area (Å²) < 4.78 is 67.4. The molecule has 1 atom stereocenters. The van der Waals surface area contributed by atoms with Crippen LogP contribution in [0.1, 0.15) is 22.9 Å². The highest BCUT2D eigenvalue weighted by Gasteiger charge is 2.56. The third kappa shape index (κ3) is 3.01. The maximum Gasteiger partial charge on any atom is 0.418 e. The van der Waals surface area contributed by atoms with Crippen LogP contribution in [0.3, 0.4) is 0 Å². The Bertz CT molecular complexity index is 872. The van der Waals surface area contributed by atoms with Gasteiger partial charge in [-0.25, -0.2) is 0 Å². The maximum atomic E-state index is 14.5. The van der Waals surface area contributed by atoms with Gasteiger partial charge in [0.05, 0.1) is 23.5 Å². The minimum atomic E-state index is -5.16. The van der Waals surface area contributed by atoms with Gasteiger partial charge in [0.25, 0.3) is 0 Å². The van der Waals surface area contributed by atoms with Crippen molar-refractivity contribution >= 4 is 23.2 Å². The highest BCUT2D eigenvalue weighted by Crippen LogP contribution is 2.49. The molecule has 1 aromatic carbocycles. The van der Waals surface area contributed by atoms with Gasteiger partial charge in [0.1, 0.15) is 0 Å².